The standard InChI is InChI=1S/C17H28N2O/c1-2-19(14-15-8-4-3-5-9-15)17-11-7-6-10-16(17)18-12-13-20/h3-5,8-9,16-18,20H,2,6-7,10-14H2,1H3. The van der Waals surface area contributed by atoms with E-state index >= 15 is 0 Å². The van der Waals surface area contributed by atoms with Crippen LogP contribution in [0.1, 0.15) is 38.2 Å². The molecule has 2 N–H and O–H groups in total. The normalized spacial score (nSPS) is 23.1. The number of hydrogen-bond acceptors (Lipinski definition) is 3. The van der Waals surface area contributed by atoms with Crippen LogP contribution in [-0.4, -0.2) is 41.8 Å². The lowest BCUT2D eigenvalue weighted by Crippen LogP contribution is -2.52. The molecule has 2 rings (SSSR count). The third-order valence-corrected chi connectivity index (χ3v) is 4.35. The van der Waals surface area contributed by atoms with Crippen molar-refractivity contribution in [2.45, 2.75) is 51.2 Å². The number of benzene rings is 1. The van der Waals surface area contributed by atoms with Crippen LogP contribution in [0, 0.1) is 0 Å². The van der Waals surface area contributed by atoms with Crippen LogP contribution in [0.2, 0.25) is 0 Å². The maximum absolute atomic E-state index is 9.04. The number of likely N-dealkylation sites (N-methyl/N-ethyl adjacent to an activating group) is 1. The molecule has 2 atom stereocenters. The van der Waals surface area contributed by atoms with Crippen molar-refractivity contribution >= 4 is 0 Å². The average Bonchev–Trinajstić information content (AvgIpc) is 2.52. The highest BCUT2D eigenvalue weighted by Crippen LogP contribution is 2.24. The van der Waals surface area contributed by atoms with Gasteiger partial charge in [-0.2, -0.15) is 0 Å². The zero-order valence-electron chi connectivity index (χ0n) is 12.6. The molecule has 3 heteroatoms. The van der Waals surface area contributed by atoms with Crippen molar-refractivity contribution in [1.29, 1.82) is 0 Å². The molecular weight excluding hydrogens is 248 g/mol. The maximum atomic E-state index is 9.04. The predicted molar refractivity (Wildman–Crippen MR) is 83.7 cm³/mol. The molecule has 1 aliphatic carbocycles. The largest absolute Gasteiger partial charge is 0.395 e. The first-order valence-corrected chi connectivity index (χ1v) is 7.97. The monoisotopic (exact) mass is 276 g/mol. The molecular formula is C17H28N2O. The molecule has 1 aliphatic rings. The highest BCUT2D eigenvalue weighted by molar-refractivity contribution is 5.14. The number of hydrogen-bond donors (Lipinski definition) is 2. The third kappa shape index (κ3) is 4.30. The van der Waals surface area contributed by atoms with Gasteiger partial charge in [-0.05, 0) is 24.9 Å². The molecule has 1 aromatic carbocycles. The molecule has 1 fully saturated rings. The van der Waals surface area contributed by atoms with E-state index in [0.717, 1.165) is 13.1 Å². The van der Waals surface area contributed by atoms with Crippen LogP contribution in [-0.2, 0) is 6.54 Å². The predicted octanol–water partition coefficient (Wildman–Crippen LogP) is 2.40. The molecule has 0 aromatic heterocycles. The Labute approximate surface area is 123 Å². The third-order valence-electron chi connectivity index (χ3n) is 4.35. The summed E-state index contributed by atoms with van der Waals surface area (Å²) in [6, 6.07) is 11.9. The smallest absolute Gasteiger partial charge is 0.0556 e. The lowest BCUT2D eigenvalue weighted by Gasteiger charge is -2.40. The molecule has 2 unspecified atom stereocenters. The molecule has 20 heavy (non-hydrogen) atoms. The minimum atomic E-state index is 0.230. The minimum Gasteiger partial charge on any atom is -0.395 e. The molecule has 0 amide bonds. The molecule has 0 aliphatic heterocycles. The van der Waals surface area contributed by atoms with Crippen molar-refractivity contribution in [3.8, 4) is 0 Å². The van der Waals surface area contributed by atoms with Crippen molar-refractivity contribution in [3.05, 3.63) is 35.9 Å². The van der Waals surface area contributed by atoms with Gasteiger partial charge in [-0.3, -0.25) is 4.90 Å². The summed E-state index contributed by atoms with van der Waals surface area (Å²) < 4.78 is 0. The van der Waals surface area contributed by atoms with Gasteiger partial charge >= 0.3 is 0 Å². The Bertz CT molecular complexity index is 369. The van der Waals surface area contributed by atoms with Gasteiger partial charge in [0.15, 0.2) is 0 Å². The van der Waals surface area contributed by atoms with Crippen molar-refractivity contribution in [2.75, 3.05) is 19.7 Å². The summed E-state index contributed by atoms with van der Waals surface area (Å²) in [4.78, 5) is 2.59. The number of nitrogens with one attached hydrogen (secondary N) is 1. The van der Waals surface area contributed by atoms with E-state index in [-0.39, 0.29) is 6.61 Å². The Morgan fingerprint density at radius 3 is 2.65 bits per heavy atom. The van der Waals surface area contributed by atoms with Crippen LogP contribution >= 0.6 is 0 Å². The van der Waals surface area contributed by atoms with Gasteiger partial charge in [-0.25, -0.2) is 0 Å². The Hall–Kier alpha value is -0.900. The zero-order chi connectivity index (χ0) is 14.2. The van der Waals surface area contributed by atoms with Gasteiger partial charge in [0.25, 0.3) is 0 Å². The lowest BCUT2D eigenvalue weighted by molar-refractivity contribution is 0.117. The van der Waals surface area contributed by atoms with Gasteiger partial charge in [0.05, 0.1) is 6.61 Å². The van der Waals surface area contributed by atoms with Crippen LogP contribution in [0.25, 0.3) is 0 Å². The quantitative estimate of drug-likeness (QED) is 0.803. The summed E-state index contributed by atoms with van der Waals surface area (Å²) in [5.41, 5.74) is 1.39. The van der Waals surface area contributed by atoms with Crippen LogP contribution in [0.15, 0.2) is 30.3 Å². The van der Waals surface area contributed by atoms with Crippen molar-refractivity contribution in [2.24, 2.45) is 0 Å². The molecule has 0 spiro atoms. The van der Waals surface area contributed by atoms with Crippen molar-refractivity contribution in [1.82, 2.24) is 10.2 Å². The second-order valence-electron chi connectivity index (χ2n) is 5.68. The lowest BCUT2D eigenvalue weighted by atomic mass is 9.88. The summed E-state index contributed by atoms with van der Waals surface area (Å²) in [6.07, 6.45) is 5.13. The van der Waals surface area contributed by atoms with E-state index in [4.69, 9.17) is 5.11 Å². The highest BCUT2D eigenvalue weighted by atomic mass is 16.3. The van der Waals surface area contributed by atoms with Crippen LogP contribution in [0.3, 0.4) is 0 Å². The van der Waals surface area contributed by atoms with Crippen LogP contribution < -0.4 is 5.32 Å². The minimum absolute atomic E-state index is 0.230. The number of aliphatic hydroxyl groups is 1. The highest BCUT2D eigenvalue weighted by Gasteiger charge is 2.28. The van der Waals surface area contributed by atoms with E-state index in [1.54, 1.807) is 0 Å². The topological polar surface area (TPSA) is 35.5 Å². The van der Waals surface area contributed by atoms with E-state index in [9.17, 15) is 0 Å². The van der Waals surface area contributed by atoms with Crippen molar-refractivity contribution < 1.29 is 5.11 Å². The van der Waals surface area contributed by atoms with Gasteiger partial charge in [0.2, 0.25) is 0 Å². The van der Waals surface area contributed by atoms with Gasteiger partial charge in [-0.15, -0.1) is 0 Å². The molecule has 3 nitrogen and oxygen atoms in total. The summed E-state index contributed by atoms with van der Waals surface area (Å²) >= 11 is 0. The Kier molecular flexibility index (Phi) is 6.51. The van der Waals surface area contributed by atoms with E-state index < -0.39 is 0 Å². The van der Waals surface area contributed by atoms with E-state index in [1.807, 2.05) is 0 Å². The van der Waals surface area contributed by atoms with Crippen LogP contribution in [0.4, 0.5) is 0 Å². The van der Waals surface area contributed by atoms with Crippen molar-refractivity contribution in [3.63, 3.8) is 0 Å². The fourth-order valence-electron chi connectivity index (χ4n) is 3.32. The first-order chi connectivity index (χ1) is 9.85. The van der Waals surface area contributed by atoms with E-state index in [2.05, 4.69) is 47.5 Å². The molecule has 1 aromatic rings. The fraction of sp³-hybridized carbons (Fsp3) is 0.647. The summed E-state index contributed by atoms with van der Waals surface area (Å²) in [5, 5.41) is 12.6. The molecule has 0 saturated heterocycles. The summed E-state index contributed by atoms with van der Waals surface area (Å²) in [7, 11) is 0. The molecule has 0 radical (unpaired) electrons. The Balaban J connectivity index is 1.99. The Morgan fingerprint density at radius 1 is 1.20 bits per heavy atom. The fourth-order valence-corrected chi connectivity index (χ4v) is 3.32. The van der Waals surface area contributed by atoms with Crippen LogP contribution in [0.5, 0.6) is 0 Å². The molecule has 0 bridgehead atoms. The SMILES string of the molecule is CCN(Cc1ccccc1)C1CCCCC1NCCO. The van der Waals surface area contributed by atoms with E-state index in [1.165, 1.54) is 31.2 Å². The van der Waals surface area contributed by atoms with Gasteiger partial charge in [0.1, 0.15) is 0 Å². The first-order valence-electron chi connectivity index (χ1n) is 7.97. The number of aliphatic hydroxyl groups excluding tert-OH is 1. The zero-order valence-corrected chi connectivity index (χ0v) is 12.6. The molecule has 0 heterocycles. The number of nitrogens with zero attached hydrogens (tertiary/aromatic N) is 1. The first kappa shape index (κ1) is 15.5. The second-order valence-corrected chi connectivity index (χ2v) is 5.68. The Morgan fingerprint density at radius 2 is 1.95 bits per heavy atom. The average molecular weight is 276 g/mol. The van der Waals surface area contributed by atoms with Gasteiger partial charge in [-0.1, -0.05) is 50.1 Å². The van der Waals surface area contributed by atoms with Gasteiger partial charge in [0, 0.05) is 25.2 Å². The second kappa shape index (κ2) is 8.40. The van der Waals surface area contributed by atoms with E-state index in [0.29, 0.717) is 18.6 Å². The van der Waals surface area contributed by atoms with Gasteiger partial charge < -0.3 is 10.4 Å². The molecule has 1 saturated carbocycles. The summed E-state index contributed by atoms with van der Waals surface area (Å²) in [5.74, 6) is 0. The number of rotatable bonds is 7. The molecule has 112 valence electrons. The summed E-state index contributed by atoms with van der Waals surface area (Å²) in [6.45, 7) is 5.30. The maximum Gasteiger partial charge on any atom is 0.0556 e.